The molecule has 2 aliphatic rings. The largest absolute Gasteiger partial charge is 0.490 e. The molecule has 9 nitrogen and oxygen atoms in total. The molecule has 1 atom stereocenters. The van der Waals surface area contributed by atoms with Gasteiger partial charge in [0.25, 0.3) is 0 Å². The summed E-state index contributed by atoms with van der Waals surface area (Å²) in [7, 11) is -3.03. The monoisotopic (exact) mass is 479 g/mol. The highest BCUT2D eigenvalue weighted by molar-refractivity contribution is 7.91. The summed E-state index contributed by atoms with van der Waals surface area (Å²) in [5.74, 6) is -3.05. The van der Waals surface area contributed by atoms with Gasteiger partial charge in [0.05, 0.1) is 24.0 Å². The first-order valence-electron chi connectivity index (χ1n) is 9.73. The van der Waals surface area contributed by atoms with Crippen LogP contribution in [-0.4, -0.2) is 91.0 Å². The van der Waals surface area contributed by atoms with E-state index in [1.54, 1.807) is 4.90 Å². The van der Waals surface area contributed by atoms with Crippen LogP contribution in [0.3, 0.4) is 0 Å². The first-order valence-corrected chi connectivity index (χ1v) is 11.5. The molecule has 2 aliphatic heterocycles. The predicted molar refractivity (Wildman–Crippen MR) is 107 cm³/mol. The highest BCUT2D eigenvalue weighted by atomic mass is 32.2. The number of piperazine rings is 1. The van der Waals surface area contributed by atoms with Gasteiger partial charge in [0.1, 0.15) is 0 Å². The Hall–Kier alpha value is -2.67. The van der Waals surface area contributed by atoms with Crippen LogP contribution in [0.15, 0.2) is 30.3 Å². The molecular formula is C19H24F3N3O6S. The molecule has 1 aromatic rings. The third-order valence-corrected chi connectivity index (χ3v) is 6.59. The lowest BCUT2D eigenvalue weighted by atomic mass is 10.1. The molecule has 1 aromatic carbocycles. The highest BCUT2D eigenvalue weighted by Gasteiger charge is 2.38. The zero-order valence-corrected chi connectivity index (χ0v) is 17.9. The normalized spacial score (nSPS) is 21.2. The molecule has 1 unspecified atom stereocenters. The van der Waals surface area contributed by atoms with Crippen LogP contribution in [0, 0.1) is 0 Å². The summed E-state index contributed by atoms with van der Waals surface area (Å²) in [6.07, 6.45) is -5.00. The number of nitrogens with zero attached hydrogens (tertiary/aromatic N) is 2. The van der Waals surface area contributed by atoms with Gasteiger partial charge in [-0.05, 0) is 5.56 Å². The molecule has 178 valence electrons. The van der Waals surface area contributed by atoms with Gasteiger partial charge in [0.2, 0.25) is 11.8 Å². The minimum Gasteiger partial charge on any atom is -0.475 e. The smallest absolute Gasteiger partial charge is 0.475 e. The molecule has 0 aromatic heterocycles. The van der Waals surface area contributed by atoms with E-state index in [4.69, 9.17) is 9.90 Å². The van der Waals surface area contributed by atoms with Crippen molar-refractivity contribution in [1.29, 1.82) is 0 Å². The van der Waals surface area contributed by atoms with E-state index < -0.39 is 28.0 Å². The van der Waals surface area contributed by atoms with Crippen LogP contribution in [0.1, 0.15) is 12.0 Å². The van der Waals surface area contributed by atoms with Gasteiger partial charge in [-0.15, -0.1) is 0 Å². The van der Waals surface area contributed by atoms with Crippen molar-refractivity contribution in [1.82, 2.24) is 15.1 Å². The van der Waals surface area contributed by atoms with Crippen molar-refractivity contribution in [3.05, 3.63) is 35.9 Å². The van der Waals surface area contributed by atoms with Crippen molar-refractivity contribution in [3.63, 3.8) is 0 Å². The average molecular weight is 479 g/mol. The Kier molecular flexibility index (Phi) is 8.61. The van der Waals surface area contributed by atoms with Gasteiger partial charge in [-0.25, -0.2) is 13.2 Å². The first-order chi connectivity index (χ1) is 14.9. The molecule has 2 heterocycles. The summed E-state index contributed by atoms with van der Waals surface area (Å²) < 4.78 is 54.7. The number of rotatable bonds is 4. The maximum atomic E-state index is 12.5. The lowest BCUT2D eigenvalue weighted by Gasteiger charge is -2.36. The third kappa shape index (κ3) is 7.79. The number of hydrogen-bond acceptors (Lipinski definition) is 6. The van der Waals surface area contributed by atoms with Crippen LogP contribution in [0.4, 0.5) is 13.2 Å². The fourth-order valence-electron chi connectivity index (χ4n) is 3.25. The average Bonchev–Trinajstić information content (AvgIpc) is 2.71. The van der Waals surface area contributed by atoms with Gasteiger partial charge in [-0.2, -0.15) is 13.2 Å². The summed E-state index contributed by atoms with van der Waals surface area (Å²) in [5, 5.41) is 9.95. The number of aliphatic carboxylic acids is 1. The Bertz CT molecular complexity index is 910. The zero-order chi connectivity index (χ0) is 23.9. The molecule has 0 radical (unpaired) electrons. The Morgan fingerprint density at radius 1 is 1.09 bits per heavy atom. The Morgan fingerprint density at radius 2 is 1.66 bits per heavy atom. The van der Waals surface area contributed by atoms with Gasteiger partial charge >= 0.3 is 12.1 Å². The van der Waals surface area contributed by atoms with Crippen LogP contribution in [0.25, 0.3) is 0 Å². The van der Waals surface area contributed by atoms with E-state index in [-0.39, 0.29) is 42.8 Å². The number of amides is 2. The number of benzene rings is 1. The first kappa shape index (κ1) is 25.6. The number of alkyl halides is 3. The van der Waals surface area contributed by atoms with Gasteiger partial charge in [-0.3, -0.25) is 14.5 Å². The summed E-state index contributed by atoms with van der Waals surface area (Å²) in [5.41, 5.74) is 1.10. The van der Waals surface area contributed by atoms with E-state index in [9.17, 15) is 31.2 Å². The Labute approximate surface area is 183 Å². The topological polar surface area (TPSA) is 124 Å². The minimum atomic E-state index is -5.08. The quantitative estimate of drug-likeness (QED) is 0.635. The molecule has 0 bridgehead atoms. The number of carbonyl (C=O) groups is 3. The van der Waals surface area contributed by atoms with Crippen LogP contribution in [0.2, 0.25) is 0 Å². The summed E-state index contributed by atoms with van der Waals surface area (Å²) >= 11 is 0. The maximum absolute atomic E-state index is 12.5. The molecular weight excluding hydrogens is 455 g/mol. The van der Waals surface area contributed by atoms with E-state index >= 15 is 0 Å². The highest BCUT2D eigenvalue weighted by Crippen LogP contribution is 2.16. The number of carbonyl (C=O) groups excluding carboxylic acids is 2. The number of hydrogen-bond donors (Lipinski definition) is 2. The van der Waals surface area contributed by atoms with Crippen LogP contribution in [-0.2, 0) is 30.8 Å². The molecule has 0 aliphatic carbocycles. The number of carboxylic acids is 1. The second-order valence-electron chi connectivity index (χ2n) is 7.30. The minimum absolute atomic E-state index is 0.00331. The molecule has 2 N–H and O–H groups in total. The molecule has 0 saturated carbocycles. The summed E-state index contributed by atoms with van der Waals surface area (Å²) in [6, 6.07) is 9.33. The van der Waals surface area contributed by atoms with Gasteiger partial charge < -0.3 is 15.3 Å². The number of halogens is 3. The van der Waals surface area contributed by atoms with Gasteiger partial charge in [0, 0.05) is 32.7 Å². The van der Waals surface area contributed by atoms with Crippen LogP contribution in [0.5, 0.6) is 0 Å². The second-order valence-corrected chi connectivity index (χ2v) is 9.61. The maximum Gasteiger partial charge on any atom is 0.490 e. The molecule has 0 spiro atoms. The number of sulfone groups is 1. The number of nitrogens with one attached hydrogen (secondary N) is 1. The summed E-state index contributed by atoms with van der Waals surface area (Å²) in [4.78, 5) is 37.3. The molecule has 3 rings (SSSR count). The van der Waals surface area contributed by atoms with Gasteiger partial charge in [0.15, 0.2) is 9.84 Å². The fourth-order valence-corrected chi connectivity index (χ4v) is 4.45. The van der Waals surface area contributed by atoms with Crippen molar-refractivity contribution in [2.45, 2.75) is 25.2 Å². The van der Waals surface area contributed by atoms with E-state index in [0.29, 0.717) is 19.6 Å². The molecule has 13 heteroatoms. The van der Waals surface area contributed by atoms with E-state index in [1.807, 2.05) is 35.2 Å². The van der Waals surface area contributed by atoms with Gasteiger partial charge in [-0.1, -0.05) is 30.3 Å². The molecule has 2 amide bonds. The zero-order valence-electron chi connectivity index (χ0n) is 17.0. The molecule has 2 fully saturated rings. The predicted octanol–water partition coefficient (Wildman–Crippen LogP) is 0.267. The summed E-state index contributed by atoms with van der Waals surface area (Å²) in [6.45, 7) is 2.30. The van der Waals surface area contributed by atoms with E-state index in [1.165, 1.54) is 0 Å². The van der Waals surface area contributed by atoms with Crippen LogP contribution >= 0.6 is 0 Å². The van der Waals surface area contributed by atoms with Crippen molar-refractivity contribution in [2.75, 3.05) is 37.7 Å². The lowest BCUT2D eigenvalue weighted by molar-refractivity contribution is -0.192. The Balaban J connectivity index is 0.000000451. The van der Waals surface area contributed by atoms with Crippen molar-refractivity contribution >= 4 is 27.6 Å². The third-order valence-electron chi connectivity index (χ3n) is 4.98. The van der Waals surface area contributed by atoms with E-state index in [2.05, 4.69) is 5.32 Å². The fraction of sp³-hybridized carbons (Fsp3) is 0.526. The van der Waals surface area contributed by atoms with Crippen LogP contribution < -0.4 is 5.32 Å². The van der Waals surface area contributed by atoms with E-state index in [0.717, 1.165) is 5.56 Å². The number of carboxylic acid groups (broad SMARTS) is 1. The van der Waals surface area contributed by atoms with Crippen molar-refractivity contribution in [3.8, 4) is 0 Å². The van der Waals surface area contributed by atoms with Crippen molar-refractivity contribution < 1.29 is 41.1 Å². The second kappa shape index (κ2) is 10.8. The molecule has 32 heavy (non-hydrogen) atoms. The lowest BCUT2D eigenvalue weighted by Crippen LogP contribution is -2.56. The standard InChI is InChI=1S/C17H23N3O4S.C2HF3O2/c21-16(19-8-10-25(23,24)11-9-19)12-15-17(22)18-6-7-20(15)13-14-4-2-1-3-5-14;3-2(4,5)1(6)7/h1-5,15H,6-13H2,(H,18,22);(H,6,7). The van der Waals surface area contributed by atoms with Crippen molar-refractivity contribution in [2.24, 2.45) is 0 Å². The molecule has 2 saturated heterocycles. The Morgan fingerprint density at radius 3 is 2.19 bits per heavy atom. The SMILES string of the molecule is O=C(O)C(F)(F)F.O=C1NCCN(Cc2ccccc2)C1CC(=O)N1CCS(=O)(=O)CC1.